The first-order chi connectivity index (χ1) is 14.7. The van der Waals surface area contributed by atoms with Crippen LogP contribution in [-0.2, 0) is 6.54 Å². The van der Waals surface area contributed by atoms with Gasteiger partial charge in [-0.25, -0.2) is 4.98 Å². The molecule has 8 heteroatoms. The van der Waals surface area contributed by atoms with Crippen molar-refractivity contribution in [1.82, 2.24) is 24.7 Å². The van der Waals surface area contributed by atoms with Gasteiger partial charge in [0.05, 0.1) is 0 Å². The first kappa shape index (κ1) is 22.4. The van der Waals surface area contributed by atoms with Gasteiger partial charge in [-0.15, -0.1) is 0 Å². The van der Waals surface area contributed by atoms with Crippen molar-refractivity contribution >= 4 is 17.6 Å². The van der Waals surface area contributed by atoms with E-state index >= 15 is 0 Å². The number of guanidine groups is 1. The Morgan fingerprint density at radius 2 is 1.90 bits per heavy atom. The summed E-state index contributed by atoms with van der Waals surface area (Å²) in [4.78, 5) is 13.5. The monoisotopic (exact) mass is 432 g/mol. The minimum atomic E-state index is 0.686. The highest BCUT2D eigenvalue weighted by Crippen LogP contribution is 2.15. The molecule has 0 bridgehead atoms. The number of rotatable bonds is 9. The average molecular weight is 433 g/mol. The fourth-order valence-electron chi connectivity index (χ4n) is 3.59. The summed E-state index contributed by atoms with van der Waals surface area (Å²) in [5, 5.41) is 4.25. The van der Waals surface area contributed by atoms with E-state index in [4.69, 9.17) is 16.3 Å². The van der Waals surface area contributed by atoms with E-state index in [2.05, 4.69) is 29.7 Å². The molecule has 1 N–H and O–H groups in total. The summed E-state index contributed by atoms with van der Waals surface area (Å²) >= 11 is 5.91. The average Bonchev–Trinajstić information content (AvgIpc) is 3.17. The SMILES string of the molecule is CN=C(NCCCCn1ccnc1C)N1CCN(CCOc2ccc(Cl)cc2)CC1. The molecule has 0 aliphatic carbocycles. The maximum Gasteiger partial charge on any atom is 0.193 e. The van der Waals surface area contributed by atoms with Gasteiger partial charge in [-0.1, -0.05) is 11.6 Å². The second-order valence-electron chi connectivity index (χ2n) is 7.48. The smallest absolute Gasteiger partial charge is 0.193 e. The van der Waals surface area contributed by atoms with Crippen LogP contribution in [0.1, 0.15) is 18.7 Å². The lowest BCUT2D eigenvalue weighted by atomic mass is 10.3. The van der Waals surface area contributed by atoms with Crippen LogP contribution in [-0.4, -0.2) is 78.2 Å². The number of halogens is 1. The highest BCUT2D eigenvalue weighted by molar-refractivity contribution is 6.30. The third-order valence-corrected chi connectivity index (χ3v) is 5.66. The Kier molecular flexibility index (Phi) is 8.83. The fourth-order valence-corrected chi connectivity index (χ4v) is 3.71. The number of nitrogens with one attached hydrogen (secondary N) is 1. The standard InChI is InChI=1S/C22H33ClN6O/c1-19-25-10-12-28(19)11-4-3-9-26-22(24-2)29-15-13-27(14-16-29)17-18-30-21-7-5-20(23)6-8-21/h5-8,10,12H,3-4,9,11,13-18H2,1-2H3,(H,24,26). The summed E-state index contributed by atoms with van der Waals surface area (Å²) in [5.74, 6) is 2.95. The van der Waals surface area contributed by atoms with Crippen LogP contribution >= 0.6 is 11.6 Å². The summed E-state index contributed by atoms with van der Waals surface area (Å²) in [7, 11) is 1.86. The Morgan fingerprint density at radius 1 is 1.13 bits per heavy atom. The largest absolute Gasteiger partial charge is 0.492 e. The maximum absolute atomic E-state index is 5.91. The van der Waals surface area contributed by atoms with Crippen molar-refractivity contribution in [3.05, 3.63) is 47.5 Å². The molecule has 164 valence electrons. The zero-order valence-corrected chi connectivity index (χ0v) is 18.8. The lowest BCUT2D eigenvalue weighted by Crippen LogP contribution is -2.53. The number of aryl methyl sites for hydroxylation is 2. The van der Waals surface area contributed by atoms with Crippen LogP contribution in [0, 0.1) is 6.92 Å². The highest BCUT2D eigenvalue weighted by Gasteiger charge is 2.19. The van der Waals surface area contributed by atoms with Crippen LogP contribution in [0.2, 0.25) is 5.02 Å². The Hall–Kier alpha value is -2.25. The number of unbranched alkanes of at least 4 members (excludes halogenated alkanes) is 1. The van der Waals surface area contributed by atoms with Crippen molar-refractivity contribution in [3.63, 3.8) is 0 Å². The van der Waals surface area contributed by atoms with Crippen LogP contribution in [0.5, 0.6) is 5.75 Å². The Bertz CT molecular complexity index is 783. The first-order valence-corrected chi connectivity index (χ1v) is 11.1. The highest BCUT2D eigenvalue weighted by atomic mass is 35.5. The molecule has 0 radical (unpaired) electrons. The second kappa shape index (κ2) is 11.8. The van der Waals surface area contributed by atoms with E-state index in [-0.39, 0.29) is 0 Å². The van der Waals surface area contributed by atoms with Gasteiger partial charge in [0.15, 0.2) is 5.96 Å². The Balaban J connectivity index is 1.29. The van der Waals surface area contributed by atoms with E-state index < -0.39 is 0 Å². The molecule has 2 aromatic rings. The molecule has 1 aliphatic heterocycles. The summed E-state index contributed by atoms with van der Waals surface area (Å²) in [6.07, 6.45) is 6.14. The van der Waals surface area contributed by atoms with Crippen molar-refractivity contribution in [3.8, 4) is 5.75 Å². The van der Waals surface area contributed by atoms with E-state index in [1.807, 2.05) is 50.6 Å². The number of imidazole rings is 1. The molecular formula is C22H33ClN6O. The molecule has 0 spiro atoms. The van der Waals surface area contributed by atoms with Gasteiger partial charge in [-0.05, 0) is 44.0 Å². The predicted octanol–water partition coefficient (Wildman–Crippen LogP) is 2.90. The minimum absolute atomic E-state index is 0.686. The molecule has 7 nitrogen and oxygen atoms in total. The fraction of sp³-hybridized carbons (Fsp3) is 0.545. The van der Waals surface area contributed by atoms with E-state index in [0.29, 0.717) is 6.61 Å². The number of ether oxygens (including phenoxy) is 1. The molecule has 30 heavy (non-hydrogen) atoms. The van der Waals surface area contributed by atoms with Gasteiger partial charge in [-0.2, -0.15) is 0 Å². The molecule has 0 saturated carbocycles. The van der Waals surface area contributed by atoms with Crippen molar-refractivity contribution in [2.75, 3.05) is 52.9 Å². The van der Waals surface area contributed by atoms with Gasteiger partial charge in [-0.3, -0.25) is 9.89 Å². The molecule has 3 rings (SSSR count). The van der Waals surface area contributed by atoms with E-state index in [1.165, 1.54) is 0 Å². The zero-order valence-electron chi connectivity index (χ0n) is 18.1. The summed E-state index contributed by atoms with van der Waals surface area (Å²) in [6, 6.07) is 7.53. The molecule has 2 heterocycles. The molecular weight excluding hydrogens is 400 g/mol. The second-order valence-corrected chi connectivity index (χ2v) is 7.92. The third-order valence-electron chi connectivity index (χ3n) is 5.41. The van der Waals surface area contributed by atoms with Gasteiger partial charge in [0, 0.05) is 70.3 Å². The lowest BCUT2D eigenvalue weighted by molar-refractivity contribution is 0.152. The third kappa shape index (κ3) is 6.92. The normalized spacial score (nSPS) is 15.4. The number of piperazine rings is 1. The minimum Gasteiger partial charge on any atom is -0.492 e. The number of benzene rings is 1. The molecule has 1 aliphatic rings. The van der Waals surface area contributed by atoms with Crippen molar-refractivity contribution < 1.29 is 4.74 Å². The van der Waals surface area contributed by atoms with E-state index in [1.54, 1.807) is 0 Å². The number of aliphatic imine (C=N–C) groups is 1. The van der Waals surface area contributed by atoms with Crippen LogP contribution in [0.25, 0.3) is 0 Å². The molecule has 0 atom stereocenters. The van der Waals surface area contributed by atoms with Crippen LogP contribution in [0.15, 0.2) is 41.7 Å². The number of aromatic nitrogens is 2. The number of hydrogen-bond donors (Lipinski definition) is 1. The van der Waals surface area contributed by atoms with Gasteiger partial charge < -0.3 is 19.5 Å². The molecule has 0 amide bonds. The Morgan fingerprint density at radius 3 is 2.57 bits per heavy atom. The van der Waals surface area contributed by atoms with E-state index in [0.717, 1.165) is 81.2 Å². The first-order valence-electron chi connectivity index (χ1n) is 10.7. The zero-order chi connectivity index (χ0) is 21.2. The van der Waals surface area contributed by atoms with Crippen LogP contribution in [0.3, 0.4) is 0 Å². The van der Waals surface area contributed by atoms with Crippen LogP contribution in [0.4, 0.5) is 0 Å². The van der Waals surface area contributed by atoms with Crippen molar-refractivity contribution in [2.24, 2.45) is 4.99 Å². The summed E-state index contributed by atoms with van der Waals surface area (Å²) in [6.45, 7) is 9.61. The molecule has 1 fully saturated rings. The van der Waals surface area contributed by atoms with Gasteiger partial charge in [0.1, 0.15) is 18.2 Å². The summed E-state index contributed by atoms with van der Waals surface area (Å²) in [5.41, 5.74) is 0. The van der Waals surface area contributed by atoms with Gasteiger partial charge in [0.25, 0.3) is 0 Å². The van der Waals surface area contributed by atoms with Crippen molar-refractivity contribution in [2.45, 2.75) is 26.3 Å². The van der Waals surface area contributed by atoms with Gasteiger partial charge >= 0.3 is 0 Å². The number of hydrogen-bond acceptors (Lipinski definition) is 4. The molecule has 1 saturated heterocycles. The molecule has 0 unspecified atom stereocenters. The molecule has 1 aromatic carbocycles. The van der Waals surface area contributed by atoms with Crippen molar-refractivity contribution in [1.29, 1.82) is 0 Å². The molecule has 1 aromatic heterocycles. The van der Waals surface area contributed by atoms with E-state index in [9.17, 15) is 0 Å². The maximum atomic E-state index is 5.91. The summed E-state index contributed by atoms with van der Waals surface area (Å²) < 4.78 is 8.01. The number of nitrogens with zero attached hydrogens (tertiary/aromatic N) is 5. The lowest BCUT2D eigenvalue weighted by Gasteiger charge is -2.36. The Labute approximate surface area is 184 Å². The topological polar surface area (TPSA) is 57.9 Å². The quantitative estimate of drug-likeness (QED) is 0.375. The van der Waals surface area contributed by atoms with Gasteiger partial charge in [0.2, 0.25) is 0 Å². The predicted molar refractivity (Wildman–Crippen MR) is 123 cm³/mol. The van der Waals surface area contributed by atoms with Crippen LogP contribution < -0.4 is 10.1 Å².